The first-order chi connectivity index (χ1) is 9.01. The van der Waals surface area contributed by atoms with E-state index < -0.39 is 24.5 Å². The van der Waals surface area contributed by atoms with Gasteiger partial charge in [0.25, 0.3) is 5.91 Å². The van der Waals surface area contributed by atoms with E-state index in [4.69, 9.17) is 10.5 Å². The van der Waals surface area contributed by atoms with E-state index >= 15 is 0 Å². The highest BCUT2D eigenvalue weighted by molar-refractivity contribution is 5.94. The van der Waals surface area contributed by atoms with Crippen LogP contribution in [0.2, 0.25) is 0 Å². The van der Waals surface area contributed by atoms with Crippen LogP contribution in [0.15, 0.2) is 24.3 Å². The molecular formula is C12H14N2O5. The molecule has 0 aliphatic rings. The Morgan fingerprint density at radius 1 is 1.32 bits per heavy atom. The molecule has 3 N–H and O–H groups in total. The molecule has 1 rings (SSSR count). The van der Waals surface area contributed by atoms with E-state index in [2.05, 4.69) is 4.74 Å². The van der Waals surface area contributed by atoms with Gasteiger partial charge >= 0.3 is 12.0 Å². The van der Waals surface area contributed by atoms with Crippen LogP contribution in [0.1, 0.15) is 5.56 Å². The summed E-state index contributed by atoms with van der Waals surface area (Å²) in [5.74, 6) is -0.740. The number of carbonyl (C=O) groups is 3. The molecule has 0 radical (unpaired) electrons. The quantitative estimate of drug-likeness (QED) is 0.728. The molecule has 0 heterocycles. The van der Waals surface area contributed by atoms with Crippen LogP contribution < -0.4 is 15.8 Å². The SMILES string of the molecule is COc1cccc(CC(=O)OCC(=O)NC(N)=O)c1. The predicted molar refractivity (Wildman–Crippen MR) is 65.4 cm³/mol. The minimum Gasteiger partial charge on any atom is -0.497 e. The fraction of sp³-hybridized carbons (Fsp3) is 0.250. The Morgan fingerprint density at radius 2 is 2.05 bits per heavy atom. The van der Waals surface area contributed by atoms with Crippen LogP contribution in [-0.4, -0.2) is 31.6 Å². The van der Waals surface area contributed by atoms with Crippen molar-refractivity contribution in [3.63, 3.8) is 0 Å². The molecule has 102 valence electrons. The number of nitrogens with two attached hydrogens (primary N) is 1. The summed E-state index contributed by atoms with van der Waals surface area (Å²) in [5.41, 5.74) is 5.42. The van der Waals surface area contributed by atoms with Crippen molar-refractivity contribution in [2.24, 2.45) is 5.73 Å². The molecule has 7 heteroatoms. The third-order valence-corrected chi connectivity index (χ3v) is 2.11. The predicted octanol–water partition coefficient (Wildman–Crippen LogP) is -0.0242. The Morgan fingerprint density at radius 3 is 2.68 bits per heavy atom. The number of benzene rings is 1. The highest BCUT2D eigenvalue weighted by atomic mass is 16.5. The van der Waals surface area contributed by atoms with Crippen LogP contribution in [0.4, 0.5) is 4.79 Å². The van der Waals surface area contributed by atoms with E-state index in [0.717, 1.165) is 0 Å². The lowest BCUT2D eigenvalue weighted by molar-refractivity contribution is -0.147. The maximum Gasteiger partial charge on any atom is 0.318 e. The molecule has 19 heavy (non-hydrogen) atoms. The van der Waals surface area contributed by atoms with Crippen LogP contribution in [0.5, 0.6) is 5.75 Å². The van der Waals surface area contributed by atoms with Crippen molar-refractivity contribution < 1.29 is 23.9 Å². The number of urea groups is 1. The largest absolute Gasteiger partial charge is 0.497 e. The topological polar surface area (TPSA) is 108 Å². The lowest BCUT2D eigenvalue weighted by atomic mass is 10.1. The number of imide groups is 1. The maximum absolute atomic E-state index is 11.4. The monoisotopic (exact) mass is 266 g/mol. The molecule has 0 aliphatic carbocycles. The molecule has 7 nitrogen and oxygen atoms in total. The van der Waals surface area contributed by atoms with Crippen molar-refractivity contribution in [2.75, 3.05) is 13.7 Å². The average molecular weight is 266 g/mol. The zero-order valence-corrected chi connectivity index (χ0v) is 10.3. The fourth-order valence-electron chi connectivity index (χ4n) is 1.32. The van der Waals surface area contributed by atoms with Gasteiger partial charge in [-0.25, -0.2) is 4.79 Å². The molecule has 1 aromatic carbocycles. The average Bonchev–Trinajstić information content (AvgIpc) is 2.36. The van der Waals surface area contributed by atoms with Gasteiger partial charge in [-0.15, -0.1) is 0 Å². The lowest BCUT2D eigenvalue weighted by Gasteiger charge is -2.05. The molecule has 0 atom stereocenters. The zero-order valence-electron chi connectivity index (χ0n) is 10.3. The molecule has 0 fully saturated rings. The van der Waals surface area contributed by atoms with Gasteiger partial charge in [0.2, 0.25) is 0 Å². The van der Waals surface area contributed by atoms with Crippen LogP contribution in [0, 0.1) is 0 Å². The second-order valence-electron chi connectivity index (χ2n) is 3.60. The molecule has 3 amide bonds. The van der Waals surface area contributed by atoms with Crippen molar-refractivity contribution in [3.8, 4) is 5.75 Å². The van der Waals surface area contributed by atoms with Crippen LogP contribution in [0.25, 0.3) is 0 Å². The Labute approximate surface area is 109 Å². The summed E-state index contributed by atoms with van der Waals surface area (Å²) in [4.78, 5) is 32.8. The van der Waals surface area contributed by atoms with Gasteiger partial charge in [0.05, 0.1) is 13.5 Å². The van der Waals surface area contributed by atoms with Gasteiger partial charge in [-0.2, -0.15) is 0 Å². The number of esters is 1. The molecule has 0 bridgehead atoms. The lowest BCUT2D eigenvalue weighted by Crippen LogP contribution is -2.37. The third-order valence-electron chi connectivity index (χ3n) is 2.11. The molecule has 0 saturated heterocycles. The Hall–Kier alpha value is -2.57. The second-order valence-corrected chi connectivity index (χ2v) is 3.60. The Balaban J connectivity index is 2.42. The second kappa shape index (κ2) is 7.00. The first-order valence-corrected chi connectivity index (χ1v) is 5.39. The summed E-state index contributed by atoms with van der Waals surface area (Å²) in [6.45, 7) is -0.550. The van der Waals surface area contributed by atoms with Crippen molar-refractivity contribution >= 4 is 17.9 Å². The first kappa shape index (κ1) is 14.5. The minimum atomic E-state index is -0.992. The van der Waals surface area contributed by atoms with E-state index in [-0.39, 0.29) is 6.42 Å². The summed E-state index contributed by atoms with van der Waals surface area (Å²) in [6, 6.07) is 5.91. The highest BCUT2D eigenvalue weighted by Crippen LogP contribution is 2.13. The Bertz CT molecular complexity index is 487. The number of ether oxygens (including phenoxy) is 2. The van der Waals surface area contributed by atoms with Crippen molar-refractivity contribution in [1.82, 2.24) is 5.32 Å². The molecule has 0 aliphatic heterocycles. The van der Waals surface area contributed by atoms with Crippen LogP contribution in [0.3, 0.4) is 0 Å². The van der Waals surface area contributed by atoms with Gasteiger partial charge in [-0.3, -0.25) is 14.9 Å². The fourth-order valence-corrected chi connectivity index (χ4v) is 1.32. The number of carbonyl (C=O) groups excluding carboxylic acids is 3. The Kier molecular flexibility index (Phi) is 5.34. The van der Waals surface area contributed by atoms with Crippen LogP contribution in [-0.2, 0) is 20.7 Å². The van der Waals surface area contributed by atoms with E-state index in [0.29, 0.717) is 11.3 Å². The summed E-state index contributed by atoms with van der Waals surface area (Å²) in [7, 11) is 1.52. The smallest absolute Gasteiger partial charge is 0.318 e. The molecule has 0 saturated carbocycles. The van der Waals surface area contributed by atoms with Gasteiger partial charge < -0.3 is 15.2 Å². The minimum absolute atomic E-state index is 0.00104. The van der Waals surface area contributed by atoms with Gasteiger partial charge in [0.1, 0.15) is 5.75 Å². The van der Waals surface area contributed by atoms with E-state index in [1.165, 1.54) is 7.11 Å². The molecule has 0 unspecified atom stereocenters. The number of primary amides is 1. The summed E-state index contributed by atoms with van der Waals surface area (Å²) >= 11 is 0. The van der Waals surface area contributed by atoms with Gasteiger partial charge in [0, 0.05) is 0 Å². The summed E-state index contributed by atoms with van der Waals surface area (Å²) in [6.07, 6.45) is 0.00104. The summed E-state index contributed by atoms with van der Waals surface area (Å²) in [5, 5.41) is 1.78. The molecular weight excluding hydrogens is 252 g/mol. The van der Waals surface area contributed by atoms with E-state index in [9.17, 15) is 14.4 Å². The van der Waals surface area contributed by atoms with Gasteiger partial charge in [0.15, 0.2) is 6.61 Å². The van der Waals surface area contributed by atoms with Crippen molar-refractivity contribution in [1.29, 1.82) is 0 Å². The molecule has 0 spiro atoms. The number of nitrogens with one attached hydrogen (secondary N) is 1. The van der Waals surface area contributed by atoms with E-state index in [1.807, 2.05) is 0 Å². The van der Waals surface area contributed by atoms with Gasteiger partial charge in [-0.1, -0.05) is 12.1 Å². The number of hydrogen-bond donors (Lipinski definition) is 2. The molecule has 1 aromatic rings. The standard InChI is InChI=1S/C12H14N2O5/c1-18-9-4-2-3-8(5-9)6-11(16)19-7-10(15)14-12(13)17/h2-5H,6-7H2,1H3,(H3,13,14,15,17). The third kappa shape index (κ3) is 5.53. The number of hydrogen-bond acceptors (Lipinski definition) is 5. The zero-order chi connectivity index (χ0) is 14.3. The van der Waals surface area contributed by atoms with Crippen molar-refractivity contribution in [3.05, 3.63) is 29.8 Å². The number of amides is 3. The highest BCUT2D eigenvalue weighted by Gasteiger charge is 2.10. The summed E-state index contributed by atoms with van der Waals surface area (Å²) < 4.78 is 9.69. The maximum atomic E-state index is 11.4. The van der Waals surface area contributed by atoms with Crippen molar-refractivity contribution in [2.45, 2.75) is 6.42 Å². The van der Waals surface area contributed by atoms with E-state index in [1.54, 1.807) is 29.6 Å². The number of methoxy groups -OCH3 is 1. The first-order valence-electron chi connectivity index (χ1n) is 5.39. The normalized spacial score (nSPS) is 9.53. The molecule has 0 aromatic heterocycles. The van der Waals surface area contributed by atoms with Gasteiger partial charge in [-0.05, 0) is 17.7 Å². The van der Waals surface area contributed by atoms with Crippen LogP contribution >= 0.6 is 0 Å². The number of rotatable bonds is 5.